The minimum Gasteiger partial charge on any atom is -0.494 e. The molecule has 2 amide bonds. The van der Waals surface area contributed by atoms with Crippen LogP contribution < -0.4 is 26.7 Å². The van der Waals surface area contributed by atoms with Crippen molar-refractivity contribution in [1.29, 1.82) is 0 Å². The summed E-state index contributed by atoms with van der Waals surface area (Å²) in [6.07, 6.45) is 4.18. The summed E-state index contributed by atoms with van der Waals surface area (Å²) in [5.74, 6) is -0.736. The molecule has 2 aromatic heterocycles. The Hall–Kier alpha value is -3.59. The minimum atomic E-state index is -0.992. The van der Waals surface area contributed by atoms with Gasteiger partial charge in [-0.15, -0.1) is 0 Å². The van der Waals surface area contributed by atoms with Crippen LogP contribution in [0.15, 0.2) is 47.7 Å². The third kappa shape index (κ3) is 10.3. The molecule has 15 heteroatoms. The number of carbonyl (C=O) groups is 2. The first-order valence-corrected chi connectivity index (χ1v) is 14.5. The van der Waals surface area contributed by atoms with Crippen LogP contribution in [-0.4, -0.2) is 92.5 Å². The number of pyridine rings is 1. The average Bonchev–Trinajstić information content (AvgIpc) is 3.01. The molecule has 4 N–H and O–H groups in total. The maximum atomic E-state index is 13.2. The first-order valence-electron chi connectivity index (χ1n) is 13.8. The molecule has 0 saturated heterocycles. The van der Waals surface area contributed by atoms with E-state index in [-0.39, 0.29) is 40.7 Å². The molecule has 44 heavy (non-hydrogen) atoms. The number of hydrogen-bond acceptors (Lipinski definition) is 10. The van der Waals surface area contributed by atoms with Crippen LogP contribution >= 0.6 is 23.2 Å². The average molecular weight is 652 g/mol. The van der Waals surface area contributed by atoms with Crippen LogP contribution in [0.1, 0.15) is 15.9 Å². The summed E-state index contributed by atoms with van der Waals surface area (Å²) >= 11 is 12.3. The highest BCUT2D eigenvalue weighted by Crippen LogP contribution is 2.26. The van der Waals surface area contributed by atoms with E-state index in [4.69, 9.17) is 47.9 Å². The van der Waals surface area contributed by atoms with Gasteiger partial charge in [-0.05, 0) is 11.1 Å². The molecule has 0 aliphatic rings. The molecule has 13 nitrogen and oxygen atoms in total. The Morgan fingerprint density at radius 2 is 1.57 bits per heavy atom. The van der Waals surface area contributed by atoms with Gasteiger partial charge in [-0.1, -0.05) is 47.5 Å². The Morgan fingerprint density at radius 3 is 2.18 bits per heavy atom. The molecule has 1 aromatic carbocycles. The lowest BCUT2D eigenvalue weighted by molar-refractivity contribution is -0.123. The molecule has 1 unspecified atom stereocenters. The second-order valence-corrected chi connectivity index (χ2v) is 10.2. The van der Waals surface area contributed by atoms with Crippen LogP contribution in [0.4, 0.5) is 0 Å². The smallest absolute Gasteiger partial charge is 0.278 e. The summed E-state index contributed by atoms with van der Waals surface area (Å²) in [6, 6.07) is 6.01. The highest BCUT2D eigenvalue weighted by molar-refractivity contribution is 6.39. The van der Waals surface area contributed by atoms with Crippen LogP contribution in [-0.2, 0) is 32.5 Å². The predicted molar refractivity (Wildman–Crippen MR) is 165 cm³/mol. The summed E-state index contributed by atoms with van der Waals surface area (Å²) in [4.78, 5) is 42.9. The largest absolute Gasteiger partial charge is 0.494 e. The molecule has 0 radical (unpaired) electrons. The molecule has 3 aromatic rings. The Bertz CT molecular complexity index is 1420. The van der Waals surface area contributed by atoms with Gasteiger partial charge < -0.3 is 35.3 Å². The van der Waals surface area contributed by atoms with Crippen LogP contribution in [0.2, 0.25) is 10.0 Å². The van der Waals surface area contributed by atoms with Gasteiger partial charge in [0.25, 0.3) is 11.5 Å². The monoisotopic (exact) mass is 650 g/mol. The number of benzene rings is 1. The van der Waals surface area contributed by atoms with Crippen LogP contribution in [0, 0.1) is 0 Å². The Morgan fingerprint density at radius 1 is 0.955 bits per heavy atom. The van der Waals surface area contributed by atoms with Gasteiger partial charge in [0.15, 0.2) is 5.75 Å². The van der Waals surface area contributed by atoms with Crippen molar-refractivity contribution in [2.45, 2.75) is 12.5 Å². The Labute approximate surface area is 264 Å². The molecule has 1 atom stereocenters. The fourth-order valence-corrected chi connectivity index (χ4v) is 4.59. The van der Waals surface area contributed by atoms with E-state index in [0.29, 0.717) is 56.5 Å². The van der Waals surface area contributed by atoms with Crippen molar-refractivity contribution in [3.05, 3.63) is 74.4 Å². The summed E-state index contributed by atoms with van der Waals surface area (Å²) in [6.45, 7) is 2.97. The number of halogens is 2. The molecular weight excluding hydrogens is 615 g/mol. The quantitative estimate of drug-likeness (QED) is 0.172. The van der Waals surface area contributed by atoms with Gasteiger partial charge in [-0.3, -0.25) is 19.4 Å². The number of nitrogens with two attached hydrogens (primary N) is 1. The maximum absolute atomic E-state index is 13.2. The SMILES string of the molecule is COc1cnn(C)c(=O)c1-c1ccc(CC(NC(=O)c2c(Cl)cncc2Cl)C(=O)NCCOCCOCCOCCN)cc1. The van der Waals surface area contributed by atoms with Crippen LogP contribution in [0.3, 0.4) is 0 Å². The molecule has 3 rings (SSSR count). The van der Waals surface area contributed by atoms with Gasteiger partial charge >= 0.3 is 0 Å². The number of amides is 2. The lowest BCUT2D eigenvalue weighted by Crippen LogP contribution is -2.48. The molecule has 0 bridgehead atoms. The number of nitrogens with one attached hydrogen (secondary N) is 2. The number of methoxy groups -OCH3 is 1. The van der Waals surface area contributed by atoms with E-state index in [1.54, 1.807) is 31.3 Å². The number of nitrogens with zero attached hydrogens (tertiary/aromatic N) is 3. The van der Waals surface area contributed by atoms with Crippen LogP contribution in [0.25, 0.3) is 11.1 Å². The highest BCUT2D eigenvalue weighted by Gasteiger charge is 2.25. The van der Waals surface area contributed by atoms with Gasteiger partial charge in [0.05, 0.1) is 74.1 Å². The topological polar surface area (TPSA) is 169 Å². The molecule has 0 fully saturated rings. The summed E-state index contributed by atoms with van der Waals surface area (Å²) < 4.78 is 22.7. The first kappa shape index (κ1) is 34.9. The maximum Gasteiger partial charge on any atom is 0.278 e. The molecule has 0 aliphatic heterocycles. The minimum absolute atomic E-state index is 0.00821. The zero-order valence-electron chi connectivity index (χ0n) is 24.5. The number of rotatable bonds is 18. The number of hydrogen-bond donors (Lipinski definition) is 3. The molecular formula is C29H36Cl2N6O7. The summed E-state index contributed by atoms with van der Waals surface area (Å²) in [5, 5.41) is 9.59. The predicted octanol–water partition coefficient (Wildman–Crippen LogP) is 1.62. The Kier molecular flexibility index (Phi) is 14.5. The van der Waals surface area contributed by atoms with Gasteiger partial charge in [0, 0.05) is 39.0 Å². The van der Waals surface area contributed by atoms with Gasteiger partial charge in [0.2, 0.25) is 5.91 Å². The normalized spacial score (nSPS) is 11.7. The van der Waals surface area contributed by atoms with E-state index in [9.17, 15) is 14.4 Å². The van der Waals surface area contributed by atoms with Crippen molar-refractivity contribution >= 4 is 35.0 Å². The standard InChI is InChI=1S/C29H36Cl2N6O7/c1-37-29(40)25(24(41-2)18-35-37)20-5-3-19(4-6-20)15-23(36-28(39)26-21(30)16-33-17-22(26)31)27(38)34-8-10-43-12-14-44-13-11-42-9-7-32/h3-6,16-18,23H,7-15,32H2,1-2H3,(H,34,38)(H,36,39). The van der Waals surface area contributed by atoms with Crippen molar-refractivity contribution < 1.29 is 28.5 Å². The number of ether oxygens (including phenoxy) is 4. The van der Waals surface area contributed by atoms with E-state index in [1.807, 2.05) is 0 Å². The Balaban J connectivity index is 1.65. The molecule has 2 heterocycles. The van der Waals surface area contributed by atoms with Crippen molar-refractivity contribution in [3.8, 4) is 16.9 Å². The van der Waals surface area contributed by atoms with E-state index in [2.05, 4.69) is 20.7 Å². The fraction of sp³-hybridized carbons (Fsp3) is 0.414. The van der Waals surface area contributed by atoms with Gasteiger partial charge in [-0.25, -0.2) is 4.68 Å². The zero-order valence-corrected chi connectivity index (χ0v) is 26.0. The van der Waals surface area contributed by atoms with E-state index in [1.165, 1.54) is 30.4 Å². The van der Waals surface area contributed by atoms with Crippen molar-refractivity contribution in [2.75, 3.05) is 59.8 Å². The molecule has 0 aliphatic carbocycles. The number of aryl methyl sites for hydroxylation is 1. The second-order valence-electron chi connectivity index (χ2n) is 9.34. The van der Waals surface area contributed by atoms with Crippen molar-refractivity contribution in [2.24, 2.45) is 12.8 Å². The molecule has 0 spiro atoms. The lowest BCUT2D eigenvalue weighted by atomic mass is 10.0. The van der Waals surface area contributed by atoms with Crippen molar-refractivity contribution in [1.82, 2.24) is 25.4 Å². The second kappa shape index (κ2) is 18.3. The first-order chi connectivity index (χ1) is 21.3. The van der Waals surface area contributed by atoms with Crippen molar-refractivity contribution in [3.63, 3.8) is 0 Å². The van der Waals surface area contributed by atoms with Crippen LogP contribution in [0.5, 0.6) is 5.75 Å². The summed E-state index contributed by atoms with van der Waals surface area (Å²) in [7, 11) is 3.01. The zero-order chi connectivity index (χ0) is 31.9. The van der Waals surface area contributed by atoms with E-state index < -0.39 is 17.9 Å². The highest BCUT2D eigenvalue weighted by atomic mass is 35.5. The third-order valence-corrected chi connectivity index (χ3v) is 6.83. The molecule has 238 valence electrons. The van der Waals surface area contributed by atoms with Gasteiger partial charge in [0.1, 0.15) is 6.04 Å². The number of carbonyl (C=O) groups excluding carboxylic acids is 2. The molecule has 0 saturated carbocycles. The fourth-order valence-electron chi connectivity index (χ4n) is 4.05. The lowest BCUT2D eigenvalue weighted by Gasteiger charge is -2.20. The summed E-state index contributed by atoms with van der Waals surface area (Å²) in [5.41, 5.74) is 6.72. The van der Waals surface area contributed by atoms with E-state index in [0.717, 1.165) is 5.56 Å². The number of aromatic nitrogens is 3. The third-order valence-electron chi connectivity index (χ3n) is 6.26. The van der Waals surface area contributed by atoms with E-state index >= 15 is 0 Å². The van der Waals surface area contributed by atoms with Gasteiger partial charge in [-0.2, -0.15) is 5.10 Å².